The van der Waals surface area contributed by atoms with Gasteiger partial charge in [-0.2, -0.15) is 5.26 Å². The van der Waals surface area contributed by atoms with Gasteiger partial charge in [0.15, 0.2) is 30.7 Å². The summed E-state index contributed by atoms with van der Waals surface area (Å²) in [6.45, 7) is 3.25. The summed E-state index contributed by atoms with van der Waals surface area (Å²) >= 11 is 0. The lowest BCUT2D eigenvalue weighted by Crippen LogP contribution is -2.60. The highest BCUT2D eigenvalue weighted by Gasteiger charge is 2.51. The maximum atomic E-state index is 11.2. The molecule has 1 aliphatic rings. The molecule has 1 heterocycles. The minimum atomic E-state index is -1.70. The van der Waals surface area contributed by atoms with Crippen molar-refractivity contribution in [1.82, 2.24) is 0 Å². The van der Waals surface area contributed by atoms with Crippen LogP contribution in [0.1, 0.15) is 20.8 Å². The Hall–Kier alpha value is -2.18. The van der Waals surface area contributed by atoms with Gasteiger partial charge < -0.3 is 24.1 Å². The minimum absolute atomic E-state index is 0.751. The monoisotopic (exact) mass is 301 g/mol. The van der Waals surface area contributed by atoms with Gasteiger partial charge in [0.25, 0.3) is 0 Å². The Morgan fingerprint density at radius 3 is 1.81 bits per heavy atom. The second-order valence-electron chi connectivity index (χ2n) is 4.30. The van der Waals surface area contributed by atoms with Crippen LogP contribution in [-0.4, -0.2) is 53.7 Å². The molecule has 0 spiro atoms. The van der Waals surface area contributed by atoms with Crippen molar-refractivity contribution < 1.29 is 38.4 Å². The fourth-order valence-electron chi connectivity index (χ4n) is 1.89. The molecule has 1 saturated heterocycles. The van der Waals surface area contributed by atoms with Gasteiger partial charge in [-0.1, -0.05) is 0 Å². The molecule has 0 saturated carbocycles. The fourth-order valence-corrected chi connectivity index (χ4v) is 1.89. The number of ether oxygens (including phenoxy) is 4. The number of hydrogen-bond acceptors (Lipinski definition) is 9. The molecule has 0 aliphatic carbocycles. The van der Waals surface area contributed by atoms with Crippen LogP contribution in [0.5, 0.6) is 0 Å². The van der Waals surface area contributed by atoms with E-state index >= 15 is 0 Å². The third kappa shape index (κ3) is 4.40. The van der Waals surface area contributed by atoms with Crippen molar-refractivity contribution in [2.24, 2.45) is 0 Å². The van der Waals surface area contributed by atoms with Crippen LogP contribution in [0.15, 0.2) is 0 Å². The van der Waals surface area contributed by atoms with E-state index in [0.717, 1.165) is 20.8 Å². The van der Waals surface area contributed by atoms with Gasteiger partial charge in [0.1, 0.15) is 0 Å². The van der Waals surface area contributed by atoms with E-state index in [1.54, 1.807) is 6.07 Å². The fraction of sp³-hybridized carbons (Fsp3) is 0.667. The van der Waals surface area contributed by atoms with Crippen LogP contribution in [0.2, 0.25) is 0 Å². The highest BCUT2D eigenvalue weighted by atomic mass is 16.7. The molecule has 1 fully saturated rings. The number of aliphatic hydroxyl groups excluding tert-OH is 1. The first kappa shape index (κ1) is 16.9. The predicted octanol–water partition coefficient (Wildman–Crippen LogP) is -0.978. The van der Waals surface area contributed by atoms with Gasteiger partial charge in [-0.25, -0.2) is 0 Å². The molecule has 5 atom stereocenters. The maximum Gasteiger partial charge on any atom is 0.303 e. The Balaban J connectivity index is 3.11. The first-order valence-electron chi connectivity index (χ1n) is 6.01. The molecule has 0 radical (unpaired) electrons. The van der Waals surface area contributed by atoms with Crippen molar-refractivity contribution in [1.29, 1.82) is 5.26 Å². The van der Waals surface area contributed by atoms with Gasteiger partial charge in [0.2, 0.25) is 0 Å². The molecule has 9 heteroatoms. The standard InChI is InChI=1S/C12H15NO8/c1-5(14)18-9-8(4-13)21-12(17)11(20-7(3)16)10(9)19-6(2)15/h8-12,17H,1-3H3/t8?,9-,10-,11+,12?/m1/s1. The molecule has 2 unspecified atom stereocenters. The van der Waals surface area contributed by atoms with Crippen LogP contribution in [-0.2, 0) is 33.3 Å². The van der Waals surface area contributed by atoms with Crippen molar-refractivity contribution in [3.63, 3.8) is 0 Å². The van der Waals surface area contributed by atoms with Crippen molar-refractivity contribution >= 4 is 17.9 Å². The van der Waals surface area contributed by atoms with E-state index in [4.69, 9.17) is 24.2 Å². The van der Waals surface area contributed by atoms with E-state index in [9.17, 15) is 19.5 Å². The van der Waals surface area contributed by atoms with E-state index in [0.29, 0.717) is 0 Å². The number of esters is 3. The van der Waals surface area contributed by atoms with Crippen LogP contribution < -0.4 is 0 Å². The van der Waals surface area contributed by atoms with Gasteiger partial charge in [0, 0.05) is 20.8 Å². The Bertz CT molecular complexity index is 470. The number of aliphatic hydroxyl groups is 1. The third-order valence-electron chi connectivity index (χ3n) is 2.55. The lowest BCUT2D eigenvalue weighted by atomic mass is 9.98. The zero-order chi connectivity index (χ0) is 16.2. The second kappa shape index (κ2) is 7.01. The lowest BCUT2D eigenvalue weighted by molar-refractivity contribution is -0.281. The van der Waals surface area contributed by atoms with Crippen molar-refractivity contribution in [3.05, 3.63) is 0 Å². The average molecular weight is 301 g/mol. The normalized spacial score (nSPS) is 31.7. The molecule has 1 N–H and O–H groups in total. The summed E-state index contributed by atoms with van der Waals surface area (Å²) < 4.78 is 19.6. The second-order valence-corrected chi connectivity index (χ2v) is 4.30. The highest BCUT2D eigenvalue weighted by molar-refractivity contribution is 5.68. The van der Waals surface area contributed by atoms with Crippen LogP contribution in [0, 0.1) is 11.3 Å². The van der Waals surface area contributed by atoms with Crippen LogP contribution in [0.3, 0.4) is 0 Å². The Morgan fingerprint density at radius 2 is 1.38 bits per heavy atom. The summed E-state index contributed by atoms with van der Waals surface area (Å²) in [5, 5.41) is 18.8. The number of rotatable bonds is 3. The first-order valence-corrected chi connectivity index (χ1v) is 6.01. The molecule has 1 rings (SSSR count). The molecule has 1 aliphatic heterocycles. The third-order valence-corrected chi connectivity index (χ3v) is 2.55. The molecule has 0 amide bonds. The molecular weight excluding hydrogens is 286 g/mol. The zero-order valence-electron chi connectivity index (χ0n) is 11.6. The summed E-state index contributed by atoms with van der Waals surface area (Å²) in [6.07, 6.45) is -7.18. The highest BCUT2D eigenvalue weighted by Crippen LogP contribution is 2.27. The summed E-state index contributed by atoms with van der Waals surface area (Å²) in [5.74, 6) is -2.28. The molecular formula is C12H15NO8. The number of nitriles is 1. The molecule has 0 aromatic rings. The van der Waals surface area contributed by atoms with E-state index in [1.165, 1.54) is 0 Å². The molecule has 0 aromatic heterocycles. The Kier molecular flexibility index (Phi) is 5.63. The van der Waals surface area contributed by atoms with Crippen LogP contribution >= 0.6 is 0 Å². The van der Waals surface area contributed by atoms with Crippen LogP contribution in [0.25, 0.3) is 0 Å². The molecule has 0 bridgehead atoms. The Morgan fingerprint density at radius 1 is 0.952 bits per heavy atom. The van der Waals surface area contributed by atoms with Crippen molar-refractivity contribution in [2.75, 3.05) is 0 Å². The van der Waals surface area contributed by atoms with Crippen molar-refractivity contribution in [3.8, 4) is 6.07 Å². The summed E-state index contributed by atoms with van der Waals surface area (Å²) in [5.41, 5.74) is 0. The van der Waals surface area contributed by atoms with Gasteiger partial charge in [0.05, 0.1) is 6.07 Å². The molecule has 21 heavy (non-hydrogen) atoms. The first-order chi connectivity index (χ1) is 9.76. The summed E-state index contributed by atoms with van der Waals surface area (Å²) in [4.78, 5) is 33.4. The van der Waals surface area contributed by atoms with E-state index in [-0.39, 0.29) is 0 Å². The minimum Gasteiger partial charge on any atom is -0.454 e. The van der Waals surface area contributed by atoms with E-state index in [2.05, 4.69) is 0 Å². The smallest absolute Gasteiger partial charge is 0.303 e. The number of hydrogen-bond donors (Lipinski definition) is 1. The topological polar surface area (TPSA) is 132 Å². The number of carbonyl (C=O) groups is 3. The van der Waals surface area contributed by atoms with Crippen LogP contribution in [0.4, 0.5) is 0 Å². The SMILES string of the molecule is CC(=O)O[C@H]1[C@H](OC(C)=O)C(O)OC(C#N)[C@H]1OC(C)=O. The quantitative estimate of drug-likeness (QED) is 0.516. The lowest BCUT2D eigenvalue weighted by Gasteiger charge is -2.40. The predicted molar refractivity (Wildman–Crippen MR) is 63.2 cm³/mol. The Labute approximate surface area is 120 Å². The van der Waals surface area contributed by atoms with Gasteiger partial charge >= 0.3 is 17.9 Å². The summed E-state index contributed by atoms with van der Waals surface area (Å²) in [6, 6.07) is 1.68. The van der Waals surface area contributed by atoms with Gasteiger partial charge in [-0.05, 0) is 0 Å². The largest absolute Gasteiger partial charge is 0.454 e. The number of nitrogens with zero attached hydrogens (tertiary/aromatic N) is 1. The zero-order valence-corrected chi connectivity index (χ0v) is 11.6. The van der Waals surface area contributed by atoms with Gasteiger partial charge in [-0.15, -0.1) is 0 Å². The van der Waals surface area contributed by atoms with E-state index < -0.39 is 48.6 Å². The molecule has 0 aromatic carbocycles. The summed E-state index contributed by atoms with van der Waals surface area (Å²) in [7, 11) is 0. The molecule has 116 valence electrons. The maximum absolute atomic E-state index is 11.2. The number of carbonyl (C=O) groups excluding carboxylic acids is 3. The van der Waals surface area contributed by atoms with Gasteiger partial charge in [-0.3, -0.25) is 14.4 Å². The van der Waals surface area contributed by atoms with Crippen molar-refractivity contribution in [2.45, 2.75) is 51.5 Å². The average Bonchev–Trinajstić information content (AvgIpc) is 2.35. The molecule has 9 nitrogen and oxygen atoms in total. The van der Waals surface area contributed by atoms with E-state index in [1.807, 2.05) is 0 Å².